The molecule has 4 amide bonds. The fourth-order valence-electron chi connectivity index (χ4n) is 3.10. The molecule has 1 heterocycles. The van der Waals surface area contributed by atoms with Crippen LogP contribution in [0.2, 0.25) is 0 Å². The van der Waals surface area contributed by atoms with E-state index in [0.717, 1.165) is 22.0 Å². The summed E-state index contributed by atoms with van der Waals surface area (Å²) in [6.07, 6.45) is 2.26. The third-order valence-corrected chi connectivity index (χ3v) is 5.09. The first kappa shape index (κ1) is 28.8. The van der Waals surface area contributed by atoms with Crippen molar-refractivity contribution in [3.8, 4) is 0 Å². The van der Waals surface area contributed by atoms with Gasteiger partial charge in [-0.15, -0.1) is 0 Å². The van der Waals surface area contributed by atoms with E-state index in [4.69, 9.17) is 9.29 Å². The average Bonchev–Trinajstić information content (AvgIpc) is 3.11. The Bertz CT molecular complexity index is 1030. The molecular formula is C23H29N3O9S. The molecule has 1 atom stereocenters. The van der Waals surface area contributed by atoms with Gasteiger partial charge in [0.1, 0.15) is 12.1 Å². The molecule has 13 heteroatoms. The van der Waals surface area contributed by atoms with Gasteiger partial charge in [-0.25, -0.2) is 0 Å². The third kappa shape index (κ3) is 9.68. The lowest BCUT2D eigenvalue weighted by Crippen LogP contribution is -2.40. The number of carbonyl (C=O) groups is 5. The van der Waals surface area contributed by atoms with Gasteiger partial charge in [0, 0.05) is 43.8 Å². The Balaban J connectivity index is 1.93. The molecule has 1 aromatic rings. The molecule has 1 aliphatic heterocycles. The highest BCUT2D eigenvalue weighted by atomic mass is 32.2. The molecule has 1 aliphatic rings. The second-order valence-corrected chi connectivity index (χ2v) is 9.41. The fraction of sp³-hybridized carbons (Fsp3) is 0.435. The number of amides is 4. The summed E-state index contributed by atoms with van der Waals surface area (Å²) in [6, 6.07) is 6.28. The molecule has 0 spiro atoms. The second-order valence-electron chi connectivity index (χ2n) is 8.74. The van der Waals surface area contributed by atoms with E-state index in [1.807, 2.05) is 0 Å². The van der Waals surface area contributed by atoms with Crippen molar-refractivity contribution >= 4 is 41.0 Å². The Morgan fingerprint density at radius 2 is 1.69 bits per heavy atom. The van der Waals surface area contributed by atoms with Crippen LogP contribution in [0.15, 0.2) is 36.4 Å². The maximum Gasteiger partial charge on any atom is 0.326 e. The fourth-order valence-corrected chi connectivity index (χ4v) is 3.32. The molecule has 196 valence electrons. The molecular weight excluding hydrogens is 494 g/mol. The molecule has 0 aromatic heterocycles. The zero-order valence-electron chi connectivity index (χ0n) is 20.2. The van der Waals surface area contributed by atoms with Gasteiger partial charge < -0.3 is 15.0 Å². The van der Waals surface area contributed by atoms with E-state index in [0.29, 0.717) is 5.56 Å². The minimum absolute atomic E-state index is 0.0228. The van der Waals surface area contributed by atoms with E-state index < -0.39 is 40.7 Å². The largest absolute Gasteiger partial charge is 0.459 e. The highest BCUT2D eigenvalue weighted by Crippen LogP contribution is 2.11. The van der Waals surface area contributed by atoms with Gasteiger partial charge in [0.15, 0.2) is 0 Å². The number of benzene rings is 1. The number of nitrogens with one attached hydrogen (secondary N) is 1. The van der Waals surface area contributed by atoms with Crippen LogP contribution in [0.1, 0.15) is 43.1 Å². The molecule has 2 rings (SSSR count). The SMILES string of the molecule is CC(C)(C)OC(=O)CN(CCOS(=O)O)C(=O)c1ccc(CNC(=O)CCN2C(=O)C=CC2=O)cc1. The standard InChI is InChI=1S/C23H29N3O9S/c1-23(2,3)35-21(30)15-25(12-13-34-36(32)33)22(31)17-6-4-16(5-7-17)14-24-18(27)10-11-26-19(28)8-9-20(26)29/h4-9H,10-15H2,1-3H3,(H,24,27)(H,32,33). The van der Waals surface area contributed by atoms with Crippen LogP contribution in [0.5, 0.6) is 0 Å². The third-order valence-electron chi connectivity index (χ3n) is 4.73. The van der Waals surface area contributed by atoms with Crippen LogP contribution in [0.3, 0.4) is 0 Å². The number of esters is 1. The Hall–Kier alpha value is -3.42. The lowest BCUT2D eigenvalue weighted by molar-refractivity contribution is -0.155. The van der Waals surface area contributed by atoms with Crippen LogP contribution in [0.4, 0.5) is 0 Å². The summed E-state index contributed by atoms with van der Waals surface area (Å²) in [5.41, 5.74) is 0.183. The van der Waals surface area contributed by atoms with Gasteiger partial charge >= 0.3 is 17.3 Å². The molecule has 2 N–H and O–H groups in total. The Morgan fingerprint density at radius 1 is 1.08 bits per heavy atom. The summed E-state index contributed by atoms with van der Waals surface area (Å²) in [5.74, 6) is -2.42. The van der Waals surface area contributed by atoms with Crippen LogP contribution >= 0.6 is 0 Å². The molecule has 0 saturated carbocycles. The minimum atomic E-state index is -2.51. The molecule has 36 heavy (non-hydrogen) atoms. The van der Waals surface area contributed by atoms with Crippen LogP contribution in [-0.2, 0) is 46.0 Å². The highest BCUT2D eigenvalue weighted by molar-refractivity contribution is 7.74. The number of hydrogen-bond acceptors (Lipinski definition) is 8. The van der Waals surface area contributed by atoms with Gasteiger partial charge in [0.05, 0.1) is 6.61 Å². The molecule has 0 radical (unpaired) electrons. The predicted molar refractivity (Wildman–Crippen MR) is 127 cm³/mol. The van der Waals surface area contributed by atoms with Crippen molar-refractivity contribution in [1.29, 1.82) is 0 Å². The molecule has 12 nitrogen and oxygen atoms in total. The Kier molecular flexibility index (Phi) is 10.4. The number of nitrogens with zero attached hydrogens (tertiary/aromatic N) is 2. The summed E-state index contributed by atoms with van der Waals surface area (Å²) in [5, 5.41) is 2.68. The number of rotatable bonds is 12. The van der Waals surface area contributed by atoms with Crippen molar-refractivity contribution in [2.75, 3.05) is 26.2 Å². The Morgan fingerprint density at radius 3 is 2.25 bits per heavy atom. The van der Waals surface area contributed by atoms with E-state index in [1.165, 1.54) is 12.1 Å². The Labute approximate surface area is 211 Å². The van der Waals surface area contributed by atoms with E-state index in [1.54, 1.807) is 32.9 Å². The van der Waals surface area contributed by atoms with E-state index in [-0.39, 0.29) is 50.7 Å². The van der Waals surface area contributed by atoms with Crippen molar-refractivity contribution in [1.82, 2.24) is 15.1 Å². The van der Waals surface area contributed by atoms with Crippen molar-refractivity contribution in [3.63, 3.8) is 0 Å². The van der Waals surface area contributed by atoms with Gasteiger partial charge in [-0.3, -0.25) is 37.6 Å². The monoisotopic (exact) mass is 523 g/mol. The molecule has 0 saturated heterocycles. The zero-order valence-corrected chi connectivity index (χ0v) is 21.0. The van der Waals surface area contributed by atoms with Gasteiger partial charge in [-0.05, 0) is 38.5 Å². The maximum atomic E-state index is 13.0. The summed E-state index contributed by atoms with van der Waals surface area (Å²) in [6.45, 7) is 4.43. The minimum Gasteiger partial charge on any atom is -0.459 e. The molecule has 0 fully saturated rings. The van der Waals surface area contributed by atoms with Crippen LogP contribution < -0.4 is 5.32 Å². The zero-order chi connectivity index (χ0) is 26.9. The smallest absolute Gasteiger partial charge is 0.326 e. The van der Waals surface area contributed by atoms with Crippen LogP contribution in [0, 0.1) is 0 Å². The molecule has 0 bridgehead atoms. The summed E-state index contributed by atoms with van der Waals surface area (Å²) in [4.78, 5) is 62.4. The van der Waals surface area contributed by atoms with E-state index in [9.17, 15) is 28.2 Å². The van der Waals surface area contributed by atoms with E-state index in [2.05, 4.69) is 9.50 Å². The number of ether oxygens (including phenoxy) is 1. The van der Waals surface area contributed by atoms with Gasteiger partial charge in [0.2, 0.25) is 5.91 Å². The first-order valence-corrected chi connectivity index (χ1v) is 12.0. The second kappa shape index (κ2) is 13.0. The quantitative estimate of drug-likeness (QED) is 0.227. The van der Waals surface area contributed by atoms with Gasteiger partial charge in [-0.2, -0.15) is 4.21 Å². The summed E-state index contributed by atoms with van der Waals surface area (Å²) >= 11 is -2.51. The van der Waals surface area contributed by atoms with Crippen LogP contribution in [0.25, 0.3) is 0 Å². The molecule has 0 aliphatic carbocycles. The predicted octanol–water partition coefficient (Wildman–Crippen LogP) is 0.555. The normalized spacial score (nSPS) is 14.1. The molecule has 1 aromatic carbocycles. The van der Waals surface area contributed by atoms with Gasteiger partial charge in [0.25, 0.3) is 17.7 Å². The van der Waals surface area contributed by atoms with Gasteiger partial charge in [-0.1, -0.05) is 12.1 Å². The van der Waals surface area contributed by atoms with Crippen molar-refractivity contribution < 1.29 is 41.7 Å². The van der Waals surface area contributed by atoms with Crippen molar-refractivity contribution in [2.45, 2.75) is 39.3 Å². The summed E-state index contributed by atoms with van der Waals surface area (Å²) < 4.78 is 29.3. The topological polar surface area (TPSA) is 160 Å². The average molecular weight is 524 g/mol. The number of carbonyl (C=O) groups excluding carboxylic acids is 5. The first-order chi connectivity index (χ1) is 16.9. The summed E-state index contributed by atoms with van der Waals surface area (Å²) in [7, 11) is 0. The maximum absolute atomic E-state index is 13.0. The first-order valence-electron chi connectivity index (χ1n) is 11.0. The van der Waals surface area contributed by atoms with Crippen molar-refractivity contribution in [3.05, 3.63) is 47.5 Å². The molecule has 1 unspecified atom stereocenters. The van der Waals surface area contributed by atoms with Crippen LogP contribution in [-0.4, -0.2) is 80.0 Å². The lowest BCUT2D eigenvalue weighted by Gasteiger charge is -2.25. The van der Waals surface area contributed by atoms with Crippen molar-refractivity contribution in [2.24, 2.45) is 0 Å². The number of hydrogen-bond donors (Lipinski definition) is 2. The van der Waals surface area contributed by atoms with E-state index >= 15 is 0 Å². The highest BCUT2D eigenvalue weighted by Gasteiger charge is 2.24. The number of imide groups is 1. The lowest BCUT2D eigenvalue weighted by atomic mass is 10.1.